The molecule has 2 nitrogen and oxygen atoms in total. The SMILES string of the molecule is Clc1cnccc1CN1CCCCC1CCBr. The third kappa shape index (κ3) is 3.67. The van der Waals surface area contributed by atoms with Crippen molar-refractivity contribution in [3.8, 4) is 0 Å². The fourth-order valence-corrected chi connectivity index (χ4v) is 3.18. The quantitative estimate of drug-likeness (QED) is 0.784. The van der Waals surface area contributed by atoms with Crippen LogP contribution in [0.15, 0.2) is 18.5 Å². The summed E-state index contributed by atoms with van der Waals surface area (Å²) in [6, 6.07) is 2.73. The van der Waals surface area contributed by atoms with Crippen LogP contribution in [0.2, 0.25) is 5.02 Å². The van der Waals surface area contributed by atoms with Crippen molar-refractivity contribution in [3.05, 3.63) is 29.0 Å². The predicted octanol–water partition coefficient (Wildman–Crippen LogP) is 3.87. The molecule has 0 N–H and O–H groups in total. The van der Waals surface area contributed by atoms with Crippen molar-refractivity contribution in [2.75, 3.05) is 11.9 Å². The lowest BCUT2D eigenvalue weighted by Crippen LogP contribution is -2.39. The van der Waals surface area contributed by atoms with Gasteiger partial charge in [-0.15, -0.1) is 0 Å². The Balaban J connectivity index is 2.03. The molecule has 0 amide bonds. The Morgan fingerprint density at radius 2 is 2.35 bits per heavy atom. The molecule has 0 spiro atoms. The summed E-state index contributed by atoms with van der Waals surface area (Å²) in [6.07, 6.45) is 8.77. The number of halogens is 2. The van der Waals surface area contributed by atoms with Gasteiger partial charge in [0.05, 0.1) is 5.02 Å². The Kier molecular flexibility index (Phi) is 5.26. The molecule has 1 aliphatic heterocycles. The van der Waals surface area contributed by atoms with E-state index in [1.165, 1.54) is 37.8 Å². The second kappa shape index (κ2) is 6.72. The van der Waals surface area contributed by atoms with Crippen molar-refractivity contribution in [3.63, 3.8) is 0 Å². The highest BCUT2D eigenvalue weighted by Crippen LogP contribution is 2.24. The average molecular weight is 318 g/mol. The van der Waals surface area contributed by atoms with E-state index in [1.807, 2.05) is 12.3 Å². The zero-order chi connectivity index (χ0) is 12.1. The van der Waals surface area contributed by atoms with Crippen LogP contribution >= 0.6 is 27.5 Å². The van der Waals surface area contributed by atoms with Crippen LogP contribution in [0, 0.1) is 0 Å². The van der Waals surface area contributed by atoms with Gasteiger partial charge in [-0.2, -0.15) is 0 Å². The zero-order valence-electron chi connectivity index (χ0n) is 9.91. The van der Waals surface area contributed by atoms with Crippen LogP contribution in [0.25, 0.3) is 0 Å². The third-order valence-electron chi connectivity index (χ3n) is 3.42. The lowest BCUT2D eigenvalue weighted by atomic mass is 9.99. The first-order valence-electron chi connectivity index (χ1n) is 6.19. The van der Waals surface area contributed by atoms with Crippen molar-refractivity contribution in [1.82, 2.24) is 9.88 Å². The van der Waals surface area contributed by atoms with Gasteiger partial charge in [0, 0.05) is 30.3 Å². The number of alkyl halides is 1. The predicted molar refractivity (Wildman–Crippen MR) is 75.7 cm³/mol. The summed E-state index contributed by atoms with van der Waals surface area (Å²) >= 11 is 9.72. The Labute approximate surface area is 116 Å². The van der Waals surface area contributed by atoms with Crippen LogP contribution < -0.4 is 0 Å². The lowest BCUT2D eigenvalue weighted by Gasteiger charge is -2.35. The van der Waals surface area contributed by atoms with E-state index in [-0.39, 0.29) is 0 Å². The monoisotopic (exact) mass is 316 g/mol. The minimum absolute atomic E-state index is 0.701. The summed E-state index contributed by atoms with van der Waals surface area (Å²) < 4.78 is 0. The molecule has 1 atom stereocenters. The largest absolute Gasteiger partial charge is 0.296 e. The molecule has 0 aromatic carbocycles. The molecular formula is C13H18BrClN2. The summed E-state index contributed by atoms with van der Waals surface area (Å²) in [5.74, 6) is 0. The number of rotatable bonds is 4. The Morgan fingerprint density at radius 3 is 3.12 bits per heavy atom. The molecule has 1 saturated heterocycles. The van der Waals surface area contributed by atoms with Gasteiger partial charge in [0.15, 0.2) is 0 Å². The van der Waals surface area contributed by atoms with Crippen molar-refractivity contribution in [2.24, 2.45) is 0 Å². The van der Waals surface area contributed by atoms with Crippen molar-refractivity contribution >= 4 is 27.5 Å². The molecule has 17 heavy (non-hydrogen) atoms. The molecule has 1 fully saturated rings. The molecule has 2 heterocycles. The van der Waals surface area contributed by atoms with E-state index in [2.05, 4.69) is 25.8 Å². The molecule has 1 aromatic rings. The Hall–Kier alpha value is -0.120. The highest BCUT2D eigenvalue weighted by molar-refractivity contribution is 9.09. The van der Waals surface area contributed by atoms with Crippen molar-refractivity contribution in [2.45, 2.75) is 38.3 Å². The maximum absolute atomic E-state index is 6.17. The van der Waals surface area contributed by atoms with E-state index in [4.69, 9.17) is 11.6 Å². The van der Waals surface area contributed by atoms with Crippen LogP contribution in [-0.4, -0.2) is 27.8 Å². The number of piperidine rings is 1. The Bertz CT molecular complexity index is 357. The Morgan fingerprint density at radius 1 is 1.47 bits per heavy atom. The maximum Gasteiger partial charge on any atom is 0.0634 e. The van der Waals surface area contributed by atoms with Crippen molar-refractivity contribution in [1.29, 1.82) is 0 Å². The molecular weight excluding hydrogens is 300 g/mol. The van der Waals surface area contributed by atoms with E-state index >= 15 is 0 Å². The van der Waals surface area contributed by atoms with E-state index < -0.39 is 0 Å². The summed E-state index contributed by atoms with van der Waals surface area (Å²) in [7, 11) is 0. The molecule has 4 heteroatoms. The smallest absolute Gasteiger partial charge is 0.0634 e. The number of nitrogens with zero attached hydrogens (tertiary/aromatic N) is 2. The highest BCUT2D eigenvalue weighted by Gasteiger charge is 2.22. The van der Waals surface area contributed by atoms with Crippen LogP contribution in [0.1, 0.15) is 31.2 Å². The van der Waals surface area contributed by atoms with Gasteiger partial charge in [-0.1, -0.05) is 34.0 Å². The molecule has 2 rings (SSSR count). The van der Waals surface area contributed by atoms with Crippen molar-refractivity contribution < 1.29 is 0 Å². The molecule has 0 radical (unpaired) electrons. The topological polar surface area (TPSA) is 16.1 Å². The molecule has 1 unspecified atom stereocenters. The van der Waals surface area contributed by atoms with Gasteiger partial charge in [-0.3, -0.25) is 9.88 Å². The number of hydrogen-bond donors (Lipinski definition) is 0. The standard InChI is InChI=1S/C13H18BrClN2/c14-6-4-12-3-1-2-8-17(12)10-11-5-7-16-9-13(11)15/h5,7,9,12H,1-4,6,8,10H2. The average Bonchev–Trinajstić information content (AvgIpc) is 2.35. The molecule has 0 aliphatic carbocycles. The number of pyridine rings is 1. The van der Waals surface area contributed by atoms with E-state index in [1.54, 1.807) is 6.20 Å². The third-order valence-corrected chi connectivity index (χ3v) is 4.22. The molecule has 1 aromatic heterocycles. The van der Waals surface area contributed by atoms with E-state index in [0.29, 0.717) is 6.04 Å². The van der Waals surface area contributed by atoms with Crippen LogP contribution in [0.3, 0.4) is 0 Å². The molecule has 1 aliphatic rings. The first-order chi connectivity index (χ1) is 8.31. The number of hydrogen-bond acceptors (Lipinski definition) is 2. The minimum Gasteiger partial charge on any atom is -0.296 e. The summed E-state index contributed by atoms with van der Waals surface area (Å²) in [5, 5.41) is 1.87. The summed E-state index contributed by atoms with van der Waals surface area (Å²) in [6.45, 7) is 2.15. The van der Waals surface area contributed by atoms with E-state index in [9.17, 15) is 0 Å². The second-order valence-corrected chi connectivity index (χ2v) is 5.77. The van der Waals surface area contributed by atoms with Crippen LogP contribution in [-0.2, 0) is 6.54 Å². The van der Waals surface area contributed by atoms with Gasteiger partial charge in [0.1, 0.15) is 0 Å². The number of aromatic nitrogens is 1. The normalized spacial score (nSPS) is 21.6. The molecule has 0 saturated carbocycles. The minimum atomic E-state index is 0.701. The highest BCUT2D eigenvalue weighted by atomic mass is 79.9. The van der Waals surface area contributed by atoms with Crippen LogP contribution in [0.4, 0.5) is 0 Å². The van der Waals surface area contributed by atoms with Gasteiger partial charge < -0.3 is 0 Å². The van der Waals surface area contributed by atoms with Gasteiger partial charge >= 0.3 is 0 Å². The maximum atomic E-state index is 6.17. The zero-order valence-corrected chi connectivity index (χ0v) is 12.3. The fraction of sp³-hybridized carbons (Fsp3) is 0.615. The molecule has 94 valence electrons. The summed E-state index contributed by atoms with van der Waals surface area (Å²) in [5.41, 5.74) is 1.20. The number of likely N-dealkylation sites (tertiary alicyclic amines) is 1. The fourth-order valence-electron chi connectivity index (χ4n) is 2.47. The van der Waals surface area contributed by atoms with Gasteiger partial charge in [0.2, 0.25) is 0 Å². The van der Waals surface area contributed by atoms with Crippen LogP contribution in [0.5, 0.6) is 0 Å². The second-order valence-electron chi connectivity index (χ2n) is 4.56. The molecule has 0 bridgehead atoms. The van der Waals surface area contributed by atoms with Gasteiger partial charge in [0.25, 0.3) is 0 Å². The van der Waals surface area contributed by atoms with Gasteiger partial charge in [-0.05, 0) is 37.4 Å². The first kappa shape index (κ1) is 13.3. The summed E-state index contributed by atoms with van der Waals surface area (Å²) in [4.78, 5) is 6.60. The van der Waals surface area contributed by atoms with Gasteiger partial charge in [-0.25, -0.2) is 0 Å². The lowest BCUT2D eigenvalue weighted by molar-refractivity contribution is 0.137. The first-order valence-corrected chi connectivity index (χ1v) is 7.69. The van der Waals surface area contributed by atoms with E-state index in [0.717, 1.165) is 16.9 Å².